The molecular formula is C20H17Cl2N3OS2. The van der Waals surface area contributed by atoms with E-state index in [0.29, 0.717) is 20.1 Å². The Kier molecular flexibility index (Phi) is 5.83. The predicted molar refractivity (Wildman–Crippen MR) is 120 cm³/mol. The van der Waals surface area contributed by atoms with E-state index in [9.17, 15) is 4.79 Å². The van der Waals surface area contributed by atoms with Gasteiger partial charge in [0.05, 0.1) is 15.6 Å². The molecule has 8 heteroatoms. The van der Waals surface area contributed by atoms with Gasteiger partial charge < -0.3 is 11.1 Å². The second kappa shape index (κ2) is 8.33. The van der Waals surface area contributed by atoms with Crippen LogP contribution in [0.1, 0.15) is 28.1 Å². The minimum Gasteiger partial charge on any atom is -0.382 e. The van der Waals surface area contributed by atoms with Gasteiger partial charge in [-0.25, -0.2) is 4.98 Å². The first-order valence-electron chi connectivity index (χ1n) is 8.76. The number of hydrogen-bond acceptors (Lipinski definition) is 6. The van der Waals surface area contributed by atoms with Gasteiger partial charge in [-0.3, -0.25) is 4.79 Å². The first-order chi connectivity index (χ1) is 13.5. The van der Waals surface area contributed by atoms with E-state index in [4.69, 9.17) is 28.9 Å². The molecule has 0 bridgehead atoms. The van der Waals surface area contributed by atoms with Gasteiger partial charge >= 0.3 is 0 Å². The topological polar surface area (TPSA) is 68.0 Å². The van der Waals surface area contributed by atoms with Gasteiger partial charge in [0, 0.05) is 16.3 Å². The normalized spacial score (nSPS) is 13.5. The van der Waals surface area contributed by atoms with Crippen molar-refractivity contribution in [3.63, 3.8) is 0 Å². The van der Waals surface area contributed by atoms with Crippen LogP contribution in [0.2, 0.25) is 10.0 Å². The van der Waals surface area contributed by atoms with Crippen molar-refractivity contribution in [3.8, 4) is 0 Å². The summed E-state index contributed by atoms with van der Waals surface area (Å²) < 4.78 is 0. The van der Waals surface area contributed by atoms with E-state index in [2.05, 4.69) is 22.4 Å². The molecule has 4 rings (SSSR count). The van der Waals surface area contributed by atoms with Crippen LogP contribution < -0.4 is 11.1 Å². The van der Waals surface area contributed by atoms with Crippen molar-refractivity contribution in [2.24, 2.45) is 5.92 Å². The fourth-order valence-electron chi connectivity index (χ4n) is 2.63. The van der Waals surface area contributed by atoms with Crippen molar-refractivity contribution in [2.45, 2.75) is 17.7 Å². The Hall–Kier alpha value is -1.73. The number of anilines is 3. The van der Waals surface area contributed by atoms with Gasteiger partial charge in [0.2, 0.25) is 5.78 Å². The smallest absolute Gasteiger partial charge is 0.209 e. The zero-order chi connectivity index (χ0) is 19.7. The standard InChI is InChI=1S/C20H17Cl2N3OS2/c21-14-2-1-3-15(22)16(14)17(26)18-19(23)25-20(28-18)24-12-6-8-13(9-7-12)27-10-11-4-5-11/h1-3,6-9,11H,4-5,10,23H2,(H,24,25). The molecule has 0 unspecified atom stereocenters. The number of rotatable bonds is 7. The molecule has 1 aliphatic rings. The molecule has 28 heavy (non-hydrogen) atoms. The van der Waals surface area contributed by atoms with Crippen LogP contribution in [-0.2, 0) is 0 Å². The molecule has 0 spiro atoms. The molecule has 1 fully saturated rings. The van der Waals surface area contributed by atoms with Crippen LogP contribution in [0, 0.1) is 5.92 Å². The van der Waals surface area contributed by atoms with E-state index in [1.807, 2.05) is 23.9 Å². The van der Waals surface area contributed by atoms with Crippen molar-refractivity contribution >= 4 is 68.7 Å². The van der Waals surface area contributed by atoms with Crippen LogP contribution in [0.4, 0.5) is 16.6 Å². The lowest BCUT2D eigenvalue weighted by Crippen LogP contribution is -2.04. The third-order valence-corrected chi connectivity index (χ3v) is 7.20. The lowest BCUT2D eigenvalue weighted by molar-refractivity contribution is 0.104. The number of nitrogens with zero attached hydrogens (tertiary/aromatic N) is 1. The van der Waals surface area contributed by atoms with Crippen molar-refractivity contribution in [1.82, 2.24) is 4.98 Å². The molecule has 3 aromatic rings. The minimum atomic E-state index is -0.328. The summed E-state index contributed by atoms with van der Waals surface area (Å²) in [6.45, 7) is 0. The Bertz CT molecular complexity index is 997. The van der Waals surface area contributed by atoms with Crippen molar-refractivity contribution in [3.05, 3.63) is 63.0 Å². The van der Waals surface area contributed by atoms with Gasteiger partial charge in [-0.05, 0) is 55.2 Å². The molecule has 144 valence electrons. The summed E-state index contributed by atoms with van der Waals surface area (Å²) in [5, 5.41) is 4.33. The number of benzene rings is 2. The molecule has 1 aliphatic carbocycles. The lowest BCUT2D eigenvalue weighted by atomic mass is 10.1. The van der Waals surface area contributed by atoms with Crippen LogP contribution in [0.15, 0.2) is 47.4 Å². The molecule has 0 aliphatic heterocycles. The first-order valence-corrected chi connectivity index (χ1v) is 11.3. The summed E-state index contributed by atoms with van der Waals surface area (Å²) in [7, 11) is 0. The predicted octanol–water partition coefficient (Wildman–Crippen LogP) is 6.51. The van der Waals surface area contributed by atoms with E-state index in [1.165, 1.54) is 34.8 Å². The van der Waals surface area contributed by atoms with Crippen molar-refractivity contribution < 1.29 is 4.79 Å². The van der Waals surface area contributed by atoms with E-state index < -0.39 is 0 Å². The Morgan fingerprint density at radius 3 is 2.50 bits per heavy atom. The maximum Gasteiger partial charge on any atom is 0.209 e. The number of nitrogens with one attached hydrogen (secondary N) is 1. The van der Waals surface area contributed by atoms with Crippen LogP contribution in [0.5, 0.6) is 0 Å². The van der Waals surface area contributed by atoms with E-state index in [0.717, 1.165) is 11.6 Å². The summed E-state index contributed by atoms with van der Waals surface area (Å²) in [4.78, 5) is 18.7. The van der Waals surface area contributed by atoms with Crippen molar-refractivity contribution in [2.75, 3.05) is 16.8 Å². The largest absolute Gasteiger partial charge is 0.382 e. The highest BCUT2D eigenvalue weighted by Crippen LogP contribution is 2.36. The van der Waals surface area contributed by atoms with Crippen LogP contribution in [-0.4, -0.2) is 16.5 Å². The number of thioether (sulfide) groups is 1. The molecular weight excluding hydrogens is 433 g/mol. The number of aromatic nitrogens is 1. The SMILES string of the molecule is Nc1nc(Nc2ccc(SCC3CC3)cc2)sc1C(=O)c1c(Cl)cccc1Cl. The fourth-order valence-corrected chi connectivity index (χ4v) is 5.14. The van der Waals surface area contributed by atoms with E-state index >= 15 is 0 Å². The molecule has 0 atom stereocenters. The first kappa shape index (κ1) is 19.6. The molecule has 4 nitrogen and oxygen atoms in total. The van der Waals surface area contributed by atoms with Gasteiger partial charge in [-0.2, -0.15) is 0 Å². The Morgan fingerprint density at radius 1 is 1.18 bits per heavy atom. The number of carbonyl (C=O) groups excluding carboxylic acids is 1. The third kappa shape index (κ3) is 4.46. The molecule has 1 aromatic heterocycles. The van der Waals surface area contributed by atoms with Gasteiger partial charge in [-0.15, -0.1) is 11.8 Å². The number of nitrogens with two attached hydrogens (primary N) is 1. The molecule has 0 saturated heterocycles. The van der Waals surface area contributed by atoms with Gasteiger partial charge in [0.1, 0.15) is 10.7 Å². The second-order valence-corrected chi connectivity index (χ2v) is 9.47. The third-order valence-electron chi connectivity index (χ3n) is 4.34. The highest BCUT2D eigenvalue weighted by molar-refractivity contribution is 7.99. The summed E-state index contributed by atoms with van der Waals surface area (Å²) in [5.74, 6) is 1.91. The molecule has 0 radical (unpaired) electrons. The minimum absolute atomic E-state index is 0.157. The number of thiazole rings is 1. The number of ketones is 1. The maximum atomic E-state index is 12.8. The number of hydrogen-bond donors (Lipinski definition) is 2. The van der Waals surface area contributed by atoms with Crippen LogP contribution >= 0.6 is 46.3 Å². The zero-order valence-corrected chi connectivity index (χ0v) is 17.9. The highest BCUT2D eigenvalue weighted by Gasteiger charge is 2.23. The van der Waals surface area contributed by atoms with Crippen molar-refractivity contribution in [1.29, 1.82) is 0 Å². The van der Waals surface area contributed by atoms with Gasteiger partial charge in [0.15, 0.2) is 5.13 Å². The van der Waals surface area contributed by atoms with Gasteiger partial charge in [0.25, 0.3) is 0 Å². The Morgan fingerprint density at radius 2 is 1.86 bits per heavy atom. The average Bonchev–Trinajstić information content (AvgIpc) is 3.43. The number of halogens is 2. The number of carbonyl (C=O) groups is 1. The summed E-state index contributed by atoms with van der Waals surface area (Å²) in [6, 6.07) is 13.1. The molecule has 3 N–H and O–H groups in total. The van der Waals surface area contributed by atoms with E-state index in [-0.39, 0.29) is 17.2 Å². The lowest BCUT2D eigenvalue weighted by Gasteiger charge is -2.05. The van der Waals surface area contributed by atoms with E-state index in [1.54, 1.807) is 18.2 Å². The summed E-state index contributed by atoms with van der Waals surface area (Å²) in [6.07, 6.45) is 2.72. The second-order valence-electron chi connectivity index (χ2n) is 6.56. The summed E-state index contributed by atoms with van der Waals surface area (Å²) >= 11 is 15.4. The van der Waals surface area contributed by atoms with Gasteiger partial charge in [-0.1, -0.05) is 40.6 Å². The highest BCUT2D eigenvalue weighted by atomic mass is 35.5. The van der Waals surface area contributed by atoms with Crippen LogP contribution in [0.3, 0.4) is 0 Å². The molecule has 1 saturated carbocycles. The monoisotopic (exact) mass is 449 g/mol. The Labute approximate surface area is 181 Å². The zero-order valence-electron chi connectivity index (χ0n) is 14.7. The fraction of sp³-hybridized carbons (Fsp3) is 0.200. The number of nitrogen functional groups attached to an aromatic ring is 1. The average molecular weight is 450 g/mol. The quantitative estimate of drug-likeness (QED) is 0.317. The molecule has 0 amide bonds. The van der Waals surface area contributed by atoms with Crippen LogP contribution in [0.25, 0.3) is 0 Å². The maximum absolute atomic E-state index is 12.8. The molecule has 1 heterocycles. The summed E-state index contributed by atoms with van der Waals surface area (Å²) in [5.41, 5.74) is 7.11. The molecule has 2 aromatic carbocycles. The Balaban J connectivity index is 1.49.